The van der Waals surface area contributed by atoms with Crippen LogP contribution in [-0.2, 0) is 19.1 Å². The molecule has 0 saturated carbocycles. The molecule has 0 heterocycles. The number of amides is 4. The summed E-state index contributed by atoms with van der Waals surface area (Å²) in [7, 11) is 0. The Bertz CT molecular complexity index is 959. The third-order valence-corrected chi connectivity index (χ3v) is 6.12. The Hall–Kier alpha value is -3.30. The monoisotopic (exact) mass is 548 g/mol. The van der Waals surface area contributed by atoms with E-state index in [1.807, 2.05) is 6.92 Å². The number of aromatic hydroxyl groups is 1. The fourth-order valence-electron chi connectivity index (χ4n) is 4.16. The average Bonchev–Trinajstić information content (AvgIpc) is 2.82. The first-order valence-corrected chi connectivity index (χ1v) is 13.8. The van der Waals surface area contributed by atoms with Gasteiger partial charge in [-0.2, -0.15) is 0 Å². The highest BCUT2D eigenvalue weighted by molar-refractivity contribution is 5.95. The Balaban J connectivity index is 3.59. The summed E-state index contributed by atoms with van der Waals surface area (Å²) in [5.41, 5.74) is 4.85. The number of hydrogen-bond acceptors (Lipinski definition) is 6. The number of ether oxygens (including phenoxy) is 1. The Morgan fingerprint density at radius 3 is 2.23 bits per heavy atom. The lowest BCUT2D eigenvalue weighted by molar-refractivity contribution is -0.146. The normalized spacial score (nSPS) is 13.7. The van der Waals surface area contributed by atoms with Crippen LogP contribution in [0, 0.1) is 5.92 Å². The molecule has 0 saturated heterocycles. The minimum atomic E-state index is -1.37. The molecular formula is C29H48N4O6. The van der Waals surface area contributed by atoms with Crippen molar-refractivity contribution in [3.05, 3.63) is 29.8 Å². The molecule has 0 bridgehead atoms. The predicted octanol–water partition coefficient (Wildman–Crippen LogP) is 4.16. The smallest absolute Gasteiger partial charge is 0.408 e. The number of nitrogens with one attached hydrogen (secondary N) is 2. The van der Waals surface area contributed by atoms with Gasteiger partial charge in [-0.25, -0.2) is 4.79 Å². The van der Waals surface area contributed by atoms with Crippen molar-refractivity contribution in [2.75, 3.05) is 6.54 Å². The van der Waals surface area contributed by atoms with Crippen molar-refractivity contribution in [3.63, 3.8) is 0 Å². The van der Waals surface area contributed by atoms with Gasteiger partial charge in [0, 0.05) is 18.2 Å². The standard InChI is InChI=1S/C29H48N4O6/c1-8-9-12-17-31-26(36)25(21-13-10-11-14-23(21)34)33(20(4)16-15-19(2)3)27(37)22(18-24(30)35)32-28(38)39-29(5,6)7/h10-11,13-14,19-20,22,25,34H,8-9,12,15-18H2,1-7H3,(H2,30,35)(H,31,36)(H,32,38). The molecule has 4 amide bonds. The molecule has 0 aliphatic carbocycles. The number of rotatable bonds is 15. The van der Waals surface area contributed by atoms with Crippen LogP contribution in [-0.4, -0.2) is 58.1 Å². The number of nitrogens with zero attached hydrogens (tertiary/aromatic N) is 1. The molecule has 0 spiro atoms. The molecule has 1 aromatic rings. The Kier molecular flexibility index (Phi) is 13.8. The predicted molar refractivity (Wildman–Crippen MR) is 151 cm³/mol. The van der Waals surface area contributed by atoms with Crippen LogP contribution in [0.1, 0.15) is 98.6 Å². The van der Waals surface area contributed by atoms with Gasteiger partial charge in [0.15, 0.2) is 0 Å². The highest BCUT2D eigenvalue weighted by atomic mass is 16.6. The summed E-state index contributed by atoms with van der Waals surface area (Å²) in [5, 5.41) is 16.1. The Morgan fingerprint density at radius 1 is 1.05 bits per heavy atom. The van der Waals surface area contributed by atoms with Crippen molar-refractivity contribution < 1.29 is 29.0 Å². The van der Waals surface area contributed by atoms with Crippen LogP contribution < -0.4 is 16.4 Å². The van der Waals surface area contributed by atoms with E-state index >= 15 is 0 Å². The van der Waals surface area contributed by atoms with Gasteiger partial charge in [0.05, 0.1) is 6.42 Å². The summed E-state index contributed by atoms with van der Waals surface area (Å²) in [6.45, 7) is 13.4. The Labute approximate surface area is 233 Å². The van der Waals surface area contributed by atoms with E-state index < -0.39 is 54.0 Å². The lowest BCUT2D eigenvalue weighted by Crippen LogP contribution is -2.56. The van der Waals surface area contributed by atoms with Crippen LogP contribution in [0.15, 0.2) is 24.3 Å². The molecule has 3 atom stereocenters. The maximum atomic E-state index is 14.2. The number of nitrogens with two attached hydrogens (primary N) is 1. The highest BCUT2D eigenvalue weighted by Crippen LogP contribution is 2.32. The fourth-order valence-corrected chi connectivity index (χ4v) is 4.16. The maximum absolute atomic E-state index is 14.2. The second-order valence-corrected chi connectivity index (χ2v) is 11.4. The molecule has 10 heteroatoms. The van der Waals surface area contributed by atoms with Crippen molar-refractivity contribution in [2.45, 2.75) is 111 Å². The zero-order valence-corrected chi connectivity index (χ0v) is 24.6. The van der Waals surface area contributed by atoms with E-state index in [0.717, 1.165) is 25.7 Å². The van der Waals surface area contributed by atoms with Crippen molar-refractivity contribution in [2.24, 2.45) is 11.7 Å². The molecule has 0 fully saturated rings. The van der Waals surface area contributed by atoms with Gasteiger partial charge in [0.2, 0.25) is 17.7 Å². The molecule has 0 aromatic heterocycles. The lowest BCUT2D eigenvalue weighted by atomic mass is 9.96. The number of phenolic OH excluding ortho intramolecular Hbond substituents is 1. The first kappa shape index (κ1) is 33.7. The second-order valence-electron chi connectivity index (χ2n) is 11.4. The number of carbonyl (C=O) groups is 4. The summed E-state index contributed by atoms with van der Waals surface area (Å²) < 4.78 is 5.31. The Morgan fingerprint density at radius 2 is 1.69 bits per heavy atom. The van der Waals surface area contributed by atoms with E-state index in [1.54, 1.807) is 39.0 Å². The van der Waals surface area contributed by atoms with E-state index in [1.165, 1.54) is 11.0 Å². The largest absolute Gasteiger partial charge is 0.508 e. The van der Waals surface area contributed by atoms with Crippen LogP contribution >= 0.6 is 0 Å². The van der Waals surface area contributed by atoms with Crippen molar-refractivity contribution in [3.8, 4) is 5.75 Å². The van der Waals surface area contributed by atoms with Gasteiger partial charge >= 0.3 is 6.09 Å². The zero-order chi connectivity index (χ0) is 29.8. The molecule has 39 heavy (non-hydrogen) atoms. The van der Waals surface area contributed by atoms with E-state index in [4.69, 9.17) is 10.5 Å². The number of benzene rings is 1. The van der Waals surface area contributed by atoms with E-state index in [2.05, 4.69) is 31.4 Å². The topological polar surface area (TPSA) is 151 Å². The van der Waals surface area contributed by atoms with Gasteiger partial charge in [-0.05, 0) is 58.9 Å². The number of primary amides is 1. The number of alkyl carbamates (subject to hydrolysis) is 1. The minimum Gasteiger partial charge on any atom is -0.508 e. The maximum Gasteiger partial charge on any atom is 0.408 e. The molecule has 0 aliphatic heterocycles. The summed E-state index contributed by atoms with van der Waals surface area (Å²) in [4.78, 5) is 53.8. The quantitative estimate of drug-likeness (QED) is 0.242. The van der Waals surface area contributed by atoms with Crippen molar-refractivity contribution in [1.82, 2.24) is 15.5 Å². The molecular weight excluding hydrogens is 500 g/mol. The molecule has 0 radical (unpaired) electrons. The summed E-state index contributed by atoms with van der Waals surface area (Å²) in [6, 6.07) is 3.27. The fraction of sp³-hybridized carbons (Fsp3) is 0.655. The molecule has 220 valence electrons. The van der Waals surface area contributed by atoms with Crippen LogP contribution in [0.2, 0.25) is 0 Å². The van der Waals surface area contributed by atoms with Gasteiger partial charge in [-0.3, -0.25) is 14.4 Å². The average molecular weight is 549 g/mol. The molecule has 5 N–H and O–H groups in total. The van der Waals surface area contributed by atoms with Gasteiger partial charge in [0.1, 0.15) is 23.4 Å². The van der Waals surface area contributed by atoms with Crippen molar-refractivity contribution >= 4 is 23.8 Å². The molecule has 1 aromatic carbocycles. The van der Waals surface area contributed by atoms with Gasteiger partial charge in [-0.1, -0.05) is 51.8 Å². The minimum absolute atomic E-state index is 0.147. The van der Waals surface area contributed by atoms with Crippen LogP contribution in [0.5, 0.6) is 5.75 Å². The molecule has 0 aliphatic rings. The van der Waals surface area contributed by atoms with E-state index in [0.29, 0.717) is 18.9 Å². The zero-order valence-electron chi connectivity index (χ0n) is 24.6. The lowest BCUT2D eigenvalue weighted by Gasteiger charge is -2.38. The van der Waals surface area contributed by atoms with Crippen LogP contribution in [0.25, 0.3) is 0 Å². The SMILES string of the molecule is CCCCCNC(=O)C(c1ccccc1O)N(C(=O)C(CC(N)=O)NC(=O)OC(C)(C)C)C(C)CCC(C)C. The highest BCUT2D eigenvalue weighted by Gasteiger charge is 2.40. The number of para-hydroxylation sites is 1. The number of unbranched alkanes of at least 4 members (excludes halogenated alkanes) is 2. The van der Waals surface area contributed by atoms with E-state index in [-0.39, 0.29) is 11.3 Å². The summed E-state index contributed by atoms with van der Waals surface area (Å²) in [6.07, 6.45) is 2.59. The molecule has 1 rings (SSSR count). The van der Waals surface area contributed by atoms with Crippen LogP contribution in [0.3, 0.4) is 0 Å². The number of phenols is 1. The van der Waals surface area contributed by atoms with E-state index in [9.17, 15) is 24.3 Å². The third-order valence-electron chi connectivity index (χ3n) is 6.12. The van der Waals surface area contributed by atoms with Gasteiger partial charge in [-0.15, -0.1) is 0 Å². The first-order valence-electron chi connectivity index (χ1n) is 13.8. The van der Waals surface area contributed by atoms with Crippen molar-refractivity contribution in [1.29, 1.82) is 0 Å². The van der Waals surface area contributed by atoms with Gasteiger partial charge < -0.3 is 31.1 Å². The summed E-state index contributed by atoms with van der Waals surface area (Å²) >= 11 is 0. The van der Waals surface area contributed by atoms with Gasteiger partial charge in [0.25, 0.3) is 0 Å². The molecule has 3 unspecified atom stereocenters. The number of hydrogen-bond donors (Lipinski definition) is 4. The van der Waals surface area contributed by atoms with Crippen LogP contribution in [0.4, 0.5) is 4.79 Å². The molecule has 10 nitrogen and oxygen atoms in total. The second kappa shape index (κ2) is 16.0. The first-order chi connectivity index (χ1) is 18.2. The third kappa shape index (κ3) is 12.0. The number of carbonyl (C=O) groups excluding carboxylic acids is 4. The summed E-state index contributed by atoms with van der Waals surface area (Å²) in [5.74, 6) is -1.76.